The number of fused-ring (bicyclic) bond motifs is 1. The summed E-state index contributed by atoms with van der Waals surface area (Å²) in [6.45, 7) is 0.296. The summed E-state index contributed by atoms with van der Waals surface area (Å²) in [5, 5.41) is 23.0. The lowest BCUT2D eigenvalue weighted by Gasteiger charge is -2.12. The summed E-state index contributed by atoms with van der Waals surface area (Å²) in [5.74, 6) is -3.67. The predicted molar refractivity (Wildman–Crippen MR) is 94.5 cm³/mol. The Morgan fingerprint density at radius 2 is 1.82 bits per heavy atom. The molecule has 0 saturated carbocycles. The van der Waals surface area contributed by atoms with Crippen molar-refractivity contribution in [3.63, 3.8) is 0 Å². The molecule has 9 nitrogen and oxygen atoms in total. The van der Waals surface area contributed by atoms with E-state index in [4.69, 9.17) is 9.84 Å². The second-order valence-corrected chi connectivity index (χ2v) is 5.99. The Morgan fingerprint density at radius 3 is 2.50 bits per heavy atom. The molecule has 0 aliphatic carbocycles. The first-order valence-electron chi connectivity index (χ1n) is 8.18. The molecule has 0 aromatic heterocycles. The molecule has 0 atom stereocenters. The smallest absolute Gasteiger partial charge is 0.335 e. The molecular formula is C19H15N2O7-. The number of imide groups is 1. The number of ether oxygens (including phenoxy) is 1. The highest BCUT2D eigenvalue weighted by molar-refractivity contribution is 6.22. The van der Waals surface area contributed by atoms with Crippen molar-refractivity contribution >= 4 is 29.4 Å². The van der Waals surface area contributed by atoms with Crippen molar-refractivity contribution in [1.82, 2.24) is 4.90 Å². The summed E-state index contributed by atoms with van der Waals surface area (Å²) in [5.41, 5.74) is 0.0564. The summed E-state index contributed by atoms with van der Waals surface area (Å²) in [7, 11) is 1.45. The number of rotatable bonds is 6. The predicted octanol–water partition coefficient (Wildman–Crippen LogP) is 0.953. The van der Waals surface area contributed by atoms with E-state index in [-0.39, 0.29) is 35.5 Å². The van der Waals surface area contributed by atoms with Gasteiger partial charge in [-0.1, -0.05) is 11.8 Å². The fourth-order valence-electron chi connectivity index (χ4n) is 2.80. The van der Waals surface area contributed by atoms with E-state index in [1.54, 1.807) is 0 Å². The SMILES string of the molecule is COCCN1C(=O)c2ccc(C(=O)Nc3ccc([O-])c(C(=O)O)c3)cc2C1=O. The highest BCUT2D eigenvalue weighted by Gasteiger charge is 2.35. The van der Waals surface area contributed by atoms with E-state index in [0.717, 1.165) is 17.0 Å². The summed E-state index contributed by atoms with van der Waals surface area (Å²) in [4.78, 5) is 49.2. The molecule has 0 radical (unpaired) electrons. The zero-order valence-electron chi connectivity index (χ0n) is 14.7. The Hall–Kier alpha value is -3.72. The molecule has 2 aromatic rings. The van der Waals surface area contributed by atoms with Crippen LogP contribution in [0.5, 0.6) is 5.75 Å². The molecule has 1 aliphatic heterocycles. The first-order chi connectivity index (χ1) is 13.3. The van der Waals surface area contributed by atoms with Gasteiger partial charge in [0.25, 0.3) is 17.7 Å². The van der Waals surface area contributed by atoms with Crippen LogP contribution >= 0.6 is 0 Å². The molecule has 2 aromatic carbocycles. The number of hydrogen-bond donors (Lipinski definition) is 2. The number of nitrogens with one attached hydrogen (secondary N) is 1. The van der Waals surface area contributed by atoms with Gasteiger partial charge < -0.3 is 20.3 Å². The highest BCUT2D eigenvalue weighted by Crippen LogP contribution is 2.25. The molecule has 144 valence electrons. The summed E-state index contributed by atoms with van der Waals surface area (Å²) >= 11 is 0. The van der Waals surface area contributed by atoms with Crippen LogP contribution in [0, 0.1) is 0 Å². The number of nitrogens with zero attached hydrogens (tertiary/aromatic N) is 1. The van der Waals surface area contributed by atoms with Crippen LogP contribution in [0.1, 0.15) is 41.4 Å². The largest absolute Gasteiger partial charge is 0.872 e. The van der Waals surface area contributed by atoms with Gasteiger partial charge in [-0.3, -0.25) is 19.3 Å². The number of anilines is 1. The van der Waals surface area contributed by atoms with Crippen LogP contribution in [0.2, 0.25) is 0 Å². The number of amides is 3. The van der Waals surface area contributed by atoms with Gasteiger partial charge in [-0.25, -0.2) is 4.79 Å². The van der Waals surface area contributed by atoms with Crippen LogP contribution in [-0.2, 0) is 4.74 Å². The lowest BCUT2D eigenvalue weighted by molar-refractivity contribution is -0.268. The zero-order valence-corrected chi connectivity index (χ0v) is 14.7. The number of hydrogen-bond acceptors (Lipinski definition) is 6. The number of methoxy groups -OCH3 is 1. The van der Waals surface area contributed by atoms with Crippen molar-refractivity contribution in [3.05, 3.63) is 58.7 Å². The van der Waals surface area contributed by atoms with Gasteiger partial charge in [-0.05, 0) is 30.3 Å². The van der Waals surface area contributed by atoms with Crippen LogP contribution in [0.3, 0.4) is 0 Å². The number of carboxylic acids is 1. The second-order valence-electron chi connectivity index (χ2n) is 5.99. The van der Waals surface area contributed by atoms with Crippen LogP contribution in [-0.4, -0.2) is 54.0 Å². The van der Waals surface area contributed by atoms with Gasteiger partial charge >= 0.3 is 5.97 Å². The molecule has 1 aliphatic rings. The fourth-order valence-corrected chi connectivity index (χ4v) is 2.80. The Kier molecular flexibility index (Phi) is 5.10. The molecule has 0 spiro atoms. The van der Waals surface area contributed by atoms with Gasteiger partial charge in [0.1, 0.15) is 0 Å². The van der Waals surface area contributed by atoms with Gasteiger partial charge in [-0.15, -0.1) is 0 Å². The Bertz CT molecular complexity index is 1000. The van der Waals surface area contributed by atoms with Gasteiger partial charge in [0, 0.05) is 18.4 Å². The van der Waals surface area contributed by atoms with E-state index in [2.05, 4.69) is 5.32 Å². The minimum absolute atomic E-state index is 0.101. The minimum Gasteiger partial charge on any atom is -0.872 e. The monoisotopic (exact) mass is 383 g/mol. The molecule has 3 rings (SSSR count). The van der Waals surface area contributed by atoms with Crippen molar-refractivity contribution in [2.24, 2.45) is 0 Å². The van der Waals surface area contributed by atoms with Gasteiger partial charge in [-0.2, -0.15) is 0 Å². The highest BCUT2D eigenvalue weighted by atomic mass is 16.5. The summed E-state index contributed by atoms with van der Waals surface area (Å²) in [6.07, 6.45) is 0. The van der Waals surface area contributed by atoms with E-state index in [0.29, 0.717) is 0 Å². The van der Waals surface area contributed by atoms with E-state index in [1.165, 1.54) is 31.4 Å². The fraction of sp³-hybridized carbons (Fsp3) is 0.158. The molecule has 2 N–H and O–H groups in total. The normalized spacial score (nSPS) is 12.8. The molecule has 9 heteroatoms. The van der Waals surface area contributed by atoms with Crippen molar-refractivity contribution in [1.29, 1.82) is 0 Å². The quantitative estimate of drug-likeness (QED) is 0.709. The Balaban J connectivity index is 1.83. The van der Waals surface area contributed by atoms with Gasteiger partial charge in [0.05, 0.1) is 29.8 Å². The maximum Gasteiger partial charge on any atom is 0.335 e. The Labute approximate surface area is 159 Å². The van der Waals surface area contributed by atoms with E-state index >= 15 is 0 Å². The third kappa shape index (κ3) is 3.42. The molecule has 1 heterocycles. The maximum atomic E-state index is 12.5. The number of benzene rings is 2. The standard InChI is InChI=1S/C19H16N2O7/c1-28-7-6-21-17(24)12-4-2-10(8-13(12)18(21)25)16(23)20-11-3-5-15(22)14(9-11)19(26)27/h2-5,8-9,22H,6-7H2,1H3,(H,20,23)(H,26,27)/p-1. The van der Waals surface area contributed by atoms with Crippen molar-refractivity contribution < 1.29 is 34.1 Å². The van der Waals surface area contributed by atoms with Gasteiger partial charge in [0.15, 0.2) is 0 Å². The molecule has 0 saturated heterocycles. The molecule has 0 bridgehead atoms. The number of aromatic carboxylic acids is 1. The number of carbonyl (C=O) groups is 4. The van der Waals surface area contributed by atoms with Crippen molar-refractivity contribution in [3.8, 4) is 5.75 Å². The van der Waals surface area contributed by atoms with E-state index < -0.39 is 35.0 Å². The van der Waals surface area contributed by atoms with Crippen molar-refractivity contribution in [2.75, 3.05) is 25.6 Å². The topological polar surface area (TPSA) is 136 Å². The minimum atomic E-state index is -1.40. The summed E-state index contributed by atoms with van der Waals surface area (Å²) < 4.78 is 4.89. The van der Waals surface area contributed by atoms with Crippen molar-refractivity contribution in [2.45, 2.75) is 0 Å². The molecule has 0 unspecified atom stereocenters. The van der Waals surface area contributed by atoms with Crippen LogP contribution in [0.25, 0.3) is 0 Å². The van der Waals surface area contributed by atoms with E-state index in [1.807, 2.05) is 0 Å². The maximum absolute atomic E-state index is 12.5. The number of carboxylic acid groups (broad SMARTS) is 1. The van der Waals surface area contributed by atoms with Gasteiger partial charge in [0.2, 0.25) is 0 Å². The third-order valence-electron chi connectivity index (χ3n) is 4.22. The molecular weight excluding hydrogens is 368 g/mol. The third-order valence-corrected chi connectivity index (χ3v) is 4.22. The van der Waals surface area contributed by atoms with Crippen LogP contribution in [0.15, 0.2) is 36.4 Å². The molecule has 0 fully saturated rings. The number of carbonyl (C=O) groups excluding carboxylic acids is 3. The van der Waals surface area contributed by atoms with Crippen LogP contribution in [0.4, 0.5) is 5.69 Å². The molecule has 28 heavy (non-hydrogen) atoms. The summed E-state index contributed by atoms with van der Waals surface area (Å²) in [6, 6.07) is 7.45. The zero-order chi connectivity index (χ0) is 20.4. The van der Waals surface area contributed by atoms with Crippen LogP contribution < -0.4 is 10.4 Å². The molecule has 3 amide bonds. The Morgan fingerprint density at radius 1 is 1.11 bits per heavy atom. The average molecular weight is 383 g/mol. The first-order valence-corrected chi connectivity index (χ1v) is 8.18. The lowest BCUT2D eigenvalue weighted by atomic mass is 10.1. The lowest BCUT2D eigenvalue weighted by Crippen LogP contribution is -2.32. The second kappa shape index (κ2) is 7.49. The van der Waals surface area contributed by atoms with E-state index in [9.17, 15) is 24.3 Å². The average Bonchev–Trinajstić information content (AvgIpc) is 2.91. The first kappa shape index (κ1) is 19.1.